The van der Waals surface area contributed by atoms with Gasteiger partial charge in [-0.3, -0.25) is 9.59 Å². The van der Waals surface area contributed by atoms with Crippen molar-refractivity contribution in [2.24, 2.45) is 11.8 Å². The Morgan fingerprint density at radius 3 is 1.89 bits per heavy atom. The second-order valence-corrected chi connectivity index (χ2v) is 8.30. The van der Waals surface area contributed by atoms with E-state index in [1.807, 2.05) is 27.7 Å². The molecule has 0 unspecified atom stereocenters. The maximum absolute atomic E-state index is 13.2. The lowest BCUT2D eigenvalue weighted by Gasteiger charge is -2.25. The van der Waals surface area contributed by atoms with E-state index in [9.17, 15) is 19.8 Å². The number of phenolic OH excluding ortho intramolecular Hbond substituents is 2. The van der Waals surface area contributed by atoms with Crippen LogP contribution in [0.5, 0.6) is 11.5 Å². The number of nitrogen functional groups attached to an aromatic ring is 2. The van der Waals surface area contributed by atoms with Crippen LogP contribution in [0.1, 0.15) is 70.7 Å². The van der Waals surface area contributed by atoms with Crippen molar-refractivity contribution < 1.29 is 19.8 Å². The van der Waals surface area contributed by atoms with Crippen LogP contribution < -0.4 is 11.5 Å². The Morgan fingerprint density at radius 2 is 1.32 bits per heavy atom. The van der Waals surface area contributed by atoms with E-state index in [4.69, 9.17) is 11.5 Å². The van der Waals surface area contributed by atoms with E-state index in [1.165, 1.54) is 6.07 Å². The van der Waals surface area contributed by atoms with E-state index < -0.39 is 11.6 Å². The highest BCUT2D eigenvalue weighted by Crippen LogP contribution is 2.44. The van der Waals surface area contributed by atoms with E-state index >= 15 is 0 Å². The maximum atomic E-state index is 13.2. The summed E-state index contributed by atoms with van der Waals surface area (Å²) < 4.78 is 0. The van der Waals surface area contributed by atoms with Gasteiger partial charge in [-0.1, -0.05) is 27.7 Å². The molecule has 1 aliphatic rings. The van der Waals surface area contributed by atoms with Crippen molar-refractivity contribution in [2.75, 3.05) is 11.5 Å². The average molecular weight is 382 g/mol. The van der Waals surface area contributed by atoms with Crippen molar-refractivity contribution in [3.63, 3.8) is 0 Å². The van der Waals surface area contributed by atoms with Crippen LogP contribution in [0.4, 0.5) is 11.4 Å². The lowest BCUT2D eigenvalue weighted by molar-refractivity contribution is 0.0975. The molecule has 0 aromatic heterocycles. The zero-order valence-corrected chi connectivity index (χ0v) is 16.6. The van der Waals surface area contributed by atoms with E-state index in [-0.39, 0.29) is 57.0 Å². The van der Waals surface area contributed by atoms with Crippen LogP contribution >= 0.6 is 0 Å². The Morgan fingerprint density at radius 1 is 0.786 bits per heavy atom. The number of carbonyl (C=O) groups excluding carboxylic acids is 2. The number of fused-ring (bicyclic) bond motifs is 2. The fourth-order valence-electron chi connectivity index (χ4n) is 3.88. The van der Waals surface area contributed by atoms with Crippen LogP contribution in [0, 0.1) is 11.8 Å². The summed E-state index contributed by atoms with van der Waals surface area (Å²) >= 11 is 0. The van der Waals surface area contributed by atoms with Gasteiger partial charge in [0.15, 0.2) is 5.78 Å². The summed E-state index contributed by atoms with van der Waals surface area (Å²) in [6.45, 7) is 7.93. The lowest BCUT2D eigenvalue weighted by Crippen LogP contribution is -2.25. The first kappa shape index (κ1) is 19.7. The molecule has 28 heavy (non-hydrogen) atoms. The second kappa shape index (κ2) is 6.86. The molecule has 0 atom stereocenters. The number of ketones is 2. The van der Waals surface area contributed by atoms with E-state index in [1.54, 1.807) is 6.07 Å². The molecule has 1 aliphatic carbocycles. The highest BCUT2D eigenvalue weighted by molar-refractivity contribution is 6.33. The van der Waals surface area contributed by atoms with Gasteiger partial charge in [0.25, 0.3) is 0 Å². The number of aromatic hydroxyl groups is 2. The highest BCUT2D eigenvalue weighted by atomic mass is 16.3. The molecule has 0 bridgehead atoms. The standard InChI is InChI=1S/C22H26N2O4/c1-9(2)5-11-8-14(25)16-17(19(11)24)21(27)15-13(23)7-12(6-10(3)4)20(26)18(15)22(16)28/h7-10,25-26H,5-6,23-24H2,1-4H3. The normalized spacial score (nSPS) is 13.2. The number of carbonyl (C=O) groups is 2. The molecular formula is C22H26N2O4. The molecule has 0 radical (unpaired) electrons. The fraction of sp³-hybridized carbons (Fsp3) is 0.364. The summed E-state index contributed by atoms with van der Waals surface area (Å²) in [6.07, 6.45) is 1.05. The first-order valence-corrected chi connectivity index (χ1v) is 9.42. The molecule has 0 amide bonds. The molecule has 0 spiro atoms. The third kappa shape index (κ3) is 2.99. The summed E-state index contributed by atoms with van der Waals surface area (Å²) in [5.74, 6) is -1.30. The molecule has 0 fully saturated rings. The average Bonchev–Trinajstić information content (AvgIpc) is 2.57. The molecule has 2 aromatic carbocycles. The second-order valence-electron chi connectivity index (χ2n) is 8.30. The summed E-state index contributed by atoms with van der Waals surface area (Å²) in [6, 6.07) is 2.97. The Balaban J connectivity index is 2.30. The van der Waals surface area contributed by atoms with Gasteiger partial charge in [0.05, 0.1) is 22.3 Å². The number of phenols is 2. The number of hydrogen-bond donors (Lipinski definition) is 4. The third-order valence-corrected chi connectivity index (χ3v) is 5.01. The summed E-state index contributed by atoms with van der Waals surface area (Å²) in [5.41, 5.74) is 13.4. The van der Waals surface area contributed by atoms with Gasteiger partial charge in [0.2, 0.25) is 5.78 Å². The zero-order chi connectivity index (χ0) is 20.9. The summed E-state index contributed by atoms with van der Waals surface area (Å²) in [4.78, 5) is 26.4. The maximum Gasteiger partial charge on any atom is 0.202 e. The van der Waals surface area contributed by atoms with Crippen LogP contribution in [0.15, 0.2) is 12.1 Å². The Kier molecular flexibility index (Phi) is 4.83. The van der Waals surface area contributed by atoms with Crippen LogP contribution in [-0.4, -0.2) is 21.8 Å². The molecule has 148 valence electrons. The van der Waals surface area contributed by atoms with Gasteiger partial charge < -0.3 is 21.7 Å². The topological polar surface area (TPSA) is 127 Å². The van der Waals surface area contributed by atoms with Gasteiger partial charge in [0, 0.05) is 11.4 Å². The predicted octanol–water partition coefficient (Wildman–Crippen LogP) is 3.43. The molecular weight excluding hydrogens is 356 g/mol. The van der Waals surface area contributed by atoms with Crippen LogP contribution in [0.3, 0.4) is 0 Å². The van der Waals surface area contributed by atoms with Crippen molar-refractivity contribution in [1.29, 1.82) is 0 Å². The molecule has 0 saturated heterocycles. The monoisotopic (exact) mass is 382 g/mol. The highest BCUT2D eigenvalue weighted by Gasteiger charge is 2.39. The quantitative estimate of drug-likeness (QED) is 0.404. The molecule has 0 heterocycles. The summed E-state index contributed by atoms with van der Waals surface area (Å²) in [5, 5.41) is 21.2. The molecule has 6 N–H and O–H groups in total. The van der Waals surface area contributed by atoms with Crippen molar-refractivity contribution in [3.05, 3.63) is 45.5 Å². The van der Waals surface area contributed by atoms with Crippen LogP contribution in [0.2, 0.25) is 0 Å². The van der Waals surface area contributed by atoms with Gasteiger partial charge >= 0.3 is 0 Å². The third-order valence-electron chi connectivity index (χ3n) is 5.01. The zero-order valence-electron chi connectivity index (χ0n) is 16.6. The first-order chi connectivity index (χ1) is 13.0. The van der Waals surface area contributed by atoms with Crippen molar-refractivity contribution in [3.8, 4) is 11.5 Å². The number of rotatable bonds is 4. The van der Waals surface area contributed by atoms with E-state index in [0.717, 1.165) is 0 Å². The Bertz CT molecular complexity index is 925. The number of nitrogens with two attached hydrogens (primary N) is 2. The summed E-state index contributed by atoms with van der Waals surface area (Å²) in [7, 11) is 0. The first-order valence-electron chi connectivity index (χ1n) is 9.42. The fourth-order valence-corrected chi connectivity index (χ4v) is 3.88. The lowest BCUT2D eigenvalue weighted by atomic mass is 9.78. The van der Waals surface area contributed by atoms with Crippen molar-refractivity contribution in [2.45, 2.75) is 40.5 Å². The molecule has 0 saturated carbocycles. The number of anilines is 2. The van der Waals surface area contributed by atoms with Gasteiger partial charge in [-0.25, -0.2) is 0 Å². The van der Waals surface area contributed by atoms with Gasteiger partial charge in [-0.15, -0.1) is 0 Å². The number of benzene rings is 2. The van der Waals surface area contributed by atoms with E-state index in [2.05, 4.69) is 0 Å². The minimum absolute atomic E-state index is 0.0316. The van der Waals surface area contributed by atoms with Gasteiger partial charge in [-0.05, 0) is 47.9 Å². The van der Waals surface area contributed by atoms with Gasteiger partial charge in [0.1, 0.15) is 11.5 Å². The number of hydrogen-bond acceptors (Lipinski definition) is 6. The Labute approximate surface area is 164 Å². The molecule has 0 aliphatic heterocycles. The van der Waals surface area contributed by atoms with Gasteiger partial charge in [-0.2, -0.15) is 0 Å². The molecule has 6 nitrogen and oxygen atoms in total. The predicted molar refractivity (Wildman–Crippen MR) is 109 cm³/mol. The van der Waals surface area contributed by atoms with Crippen LogP contribution in [0.25, 0.3) is 0 Å². The van der Waals surface area contributed by atoms with Crippen molar-refractivity contribution >= 4 is 22.9 Å². The smallest absolute Gasteiger partial charge is 0.202 e. The van der Waals surface area contributed by atoms with Crippen molar-refractivity contribution in [1.82, 2.24) is 0 Å². The minimum Gasteiger partial charge on any atom is -0.507 e. The molecule has 6 heteroatoms. The Hall–Kier alpha value is -3.02. The largest absolute Gasteiger partial charge is 0.507 e. The molecule has 2 aromatic rings. The SMILES string of the molecule is CC(C)Cc1cc(O)c2c(c1N)C(=O)c1c(N)cc(CC(C)C)c(O)c1C2=O. The van der Waals surface area contributed by atoms with Crippen LogP contribution in [-0.2, 0) is 12.8 Å². The minimum atomic E-state index is -0.639. The molecule has 3 rings (SSSR count). The van der Waals surface area contributed by atoms with E-state index in [0.29, 0.717) is 24.0 Å².